The maximum atomic E-state index is 13.3. The molecule has 136 valence electrons. The predicted molar refractivity (Wildman–Crippen MR) is 93.5 cm³/mol. The first-order valence-corrected chi connectivity index (χ1v) is 9.47. The molecule has 3 atom stereocenters. The van der Waals surface area contributed by atoms with E-state index in [1.54, 1.807) is 0 Å². The summed E-state index contributed by atoms with van der Waals surface area (Å²) in [7, 11) is 0. The SMILES string of the molecule is O=C(c1cc(C2CC2)on1)N1CCC[C@H]2NC[C@H](c3ccc(F)cc3)[C@H]21. The minimum Gasteiger partial charge on any atom is -0.360 e. The van der Waals surface area contributed by atoms with Gasteiger partial charge < -0.3 is 14.7 Å². The first-order valence-electron chi connectivity index (χ1n) is 9.47. The zero-order valence-electron chi connectivity index (χ0n) is 14.5. The Morgan fingerprint density at radius 2 is 2.04 bits per heavy atom. The van der Waals surface area contributed by atoms with E-state index in [1.807, 2.05) is 23.1 Å². The van der Waals surface area contributed by atoms with Crippen LogP contribution in [0.3, 0.4) is 0 Å². The van der Waals surface area contributed by atoms with Gasteiger partial charge in [-0.3, -0.25) is 4.79 Å². The molecule has 6 heteroatoms. The summed E-state index contributed by atoms with van der Waals surface area (Å²) in [4.78, 5) is 15.1. The molecule has 3 fully saturated rings. The third kappa shape index (κ3) is 2.72. The van der Waals surface area contributed by atoms with Crippen molar-refractivity contribution in [2.75, 3.05) is 13.1 Å². The first kappa shape index (κ1) is 16.0. The van der Waals surface area contributed by atoms with Gasteiger partial charge in [-0.2, -0.15) is 0 Å². The highest BCUT2D eigenvalue weighted by molar-refractivity contribution is 5.92. The number of benzene rings is 1. The van der Waals surface area contributed by atoms with Crippen LogP contribution in [-0.2, 0) is 0 Å². The van der Waals surface area contributed by atoms with Gasteiger partial charge in [-0.25, -0.2) is 4.39 Å². The number of carbonyl (C=O) groups is 1. The highest BCUT2D eigenvalue weighted by Gasteiger charge is 2.45. The zero-order chi connectivity index (χ0) is 17.7. The lowest BCUT2D eigenvalue weighted by Crippen LogP contribution is -2.52. The number of carbonyl (C=O) groups excluding carboxylic acids is 1. The molecule has 0 bridgehead atoms. The van der Waals surface area contributed by atoms with Crippen LogP contribution in [-0.4, -0.2) is 41.1 Å². The first-order chi connectivity index (χ1) is 12.7. The van der Waals surface area contributed by atoms with Gasteiger partial charge in [0.1, 0.15) is 11.6 Å². The Bertz CT molecular complexity index is 815. The molecule has 0 radical (unpaired) electrons. The van der Waals surface area contributed by atoms with Crippen molar-refractivity contribution in [3.05, 3.63) is 53.2 Å². The number of nitrogens with zero attached hydrogens (tertiary/aromatic N) is 2. The quantitative estimate of drug-likeness (QED) is 0.919. The lowest BCUT2D eigenvalue weighted by molar-refractivity contribution is 0.0568. The van der Waals surface area contributed by atoms with Crippen LogP contribution < -0.4 is 5.32 Å². The molecule has 0 unspecified atom stereocenters. The van der Waals surface area contributed by atoms with E-state index in [-0.39, 0.29) is 29.7 Å². The van der Waals surface area contributed by atoms with Crippen LogP contribution in [0.2, 0.25) is 0 Å². The summed E-state index contributed by atoms with van der Waals surface area (Å²) >= 11 is 0. The molecule has 3 heterocycles. The maximum Gasteiger partial charge on any atom is 0.276 e. The van der Waals surface area contributed by atoms with Crippen LogP contribution in [0.4, 0.5) is 4.39 Å². The van der Waals surface area contributed by atoms with Crippen molar-refractivity contribution in [3.8, 4) is 0 Å². The Balaban J connectivity index is 1.42. The molecule has 1 aromatic heterocycles. The minimum absolute atomic E-state index is 0.0499. The number of amides is 1. The number of rotatable bonds is 3. The average Bonchev–Trinajstić information content (AvgIpc) is 3.23. The van der Waals surface area contributed by atoms with Gasteiger partial charge in [0.15, 0.2) is 5.69 Å². The topological polar surface area (TPSA) is 58.4 Å². The van der Waals surface area contributed by atoms with Gasteiger partial charge in [0.25, 0.3) is 5.91 Å². The summed E-state index contributed by atoms with van der Waals surface area (Å²) in [5, 5.41) is 7.60. The van der Waals surface area contributed by atoms with E-state index in [0.29, 0.717) is 11.6 Å². The molecule has 2 aliphatic heterocycles. The maximum absolute atomic E-state index is 13.3. The second-order valence-electron chi connectivity index (χ2n) is 7.69. The molecule has 1 aromatic carbocycles. The van der Waals surface area contributed by atoms with Crippen molar-refractivity contribution >= 4 is 5.91 Å². The van der Waals surface area contributed by atoms with Gasteiger partial charge in [-0.1, -0.05) is 17.3 Å². The van der Waals surface area contributed by atoms with Gasteiger partial charge in [-0.05, 0) is 43.4 Å². The van der Waals surface area contributed by atoms with E-state index in [1.165, 1.54) is 12.1 Å². The molecule has 26 heavy (non-hydrogen) atoms. The van der Waals surface area contributed by atoms with Crippen molar-refractivity contribution in [2.45, 2.75) is 49.6 Å². The molecule has 5 rings (SSSR count). The second kappa shape index (κ2) is 6.20. The third-order valence-corrected chi connectivity index (χ3v) is 5.98. The molecule has 1 aliphatic carbocycles. The lowest BCUT2D eigenvalue weighted by atomic mass is 9.86. The fourth-order valence-electron chi connectivity index (χ4n) is 4.50. The summed E-state index contributed by atoms with van der Waals surface area (Å²) < 4.78 is 18.7. The number of likely N-dealkylation sites (tertiary alicyclic amines) is 1. The zero-order valence-corrected chi connectivity index (χ0v) is 14.5. The average molecular weight is 355 g/mol. The molecule has 3 aliphatic rings. The normalized spacial score (nSPS) is 28.2. The van der Waals surface area contributed by atoms with Crippen molar-refractivity contribution in [1.29, 1.82) is 0 Å². The van der Waals surface area contributed by atoms with Gasteiger partial charge in [0.05, 0.1) is 6.04 Å². The van der Waals surface area contributed by atoms with E-state index in [9.17, 15) is 9.18 Å². The fraction of sp³-hybridized carbons (Fsp3) is 0.500. The highest BCUT2D eigenvalue weighted by atomic mass is 19.1. The fourth-order valence-corrected chi connectivity index (χ4v) is 4.50. The van der Waals surface area contributed by atoms with Crippen molar-refractivity contribution < 1.29 is 13.7 Å². The number of piperidine rings is 1. The van der Waals surface area contributed by atoms with Crippen molar-refractivity contribution in [1.82, 2.24) is 15.4 Å². The second-order valence-corrected chi connectivity index (χ2v) is 7.69. The predicted octanol–water partition coefficient (Wildman–Crippen LogP) is 3.05. The van der Waals surface area contributed by atoms with Crippen molar-refractivity contribution in [3.63, 3.8) is 0 Å². The Labute approximate surface area is 151 Å². The monoisotopic (exact) mass is 355 g/mol. The van der Waals surface area contributed by atoms with Crippen LogP contribution in [0.5, 0.6) is 0 Å². The summed E-state index contributed by atoms with van der Waals surface area (Å²) in [5.74, 6) is 1.16. The van der Waals surface area contributed by atoms with E-state index >= 15 is 0 Å². The van der Waals surface area contributed by atoms with E-state index < -0.39 is 0 Å². The van der Waals surface area contributed by atoms with Crippen LogP contribution in [0.1, 0.15) is 59.3 Å². The Morgan fingerprint density at radius 3 is 2.81 bits per heavy atom. The smallest absolute Gasteiger partial charge is 0.276 e. The van der Waals surface area contributed by atoms with Crippen LogP contribution in [0, 0.1) is 5.82 Å². The Hall–Kier alpha value is -2.21. The number of halogens is 1. The van der Waals surface area contributed by atoms with Gasteiger partial charge >= 0.3 is 0 Å². The summed E-state index contributed by atoms with van der Waals surface area (Å²) in [6.45, 7) is 1.53. The molecule has 5 nitrogen and oxygen atoms in total. The largest absolute Gasteiger partial charge is 0.360 e. The Kier molecular flexibility index (Phi) is 3.81. The van der Waals surface area contributed by atoms with Crippen molar-refractivity contribution in [2.24, 2.45) is 0 Å². The van der Waals surface area contributed by atoms with Crippen LogP contribution in [0.15, 0.2) is 34.9 Å². The molecule has 1 amide bonds. The molecular formula is C20H22FN3O2. The molecular weight excluding hydrogens is 333 g/mol. The number of fused-ring (bicyclic) bond motifs is 1. The van der Waals surface area contributed by atoms with Gasteiger partial charge in [0, 0.05) is 37.0 Å². The minimum atomic E-state index is -0.233. The third-order valence-electron chi connectivity index (χ3n) is 5.98. The standard InChI is InChI=1S/C20H22FN3O2/c21-14-7-5-12(6-8-14)15-11-22-16-2-1-9-24(19(15)16)20(25)17-10-18(26-23-17)13-3-4-13/h5-8,10,13,15-16,19,22H,1-4,9,11H2/t15-,16-,19-/m1/s1. The lowest BCUT2D eigenvalue weighted by Gasteiger charge is -2.39. The van der Waals surface area contributed by atoms with E-state index in [0.717, 1.165) is 50.1 Å². The molecule has 2 aromatic rings. The van der Waals surface area contributed by atoms with E-state index in [4.69, 9.17) is 4.52 Å². The van der Waals surface area contributed by atoms with Crippen LogP contribution in [0.25, 0.3) is 0 Å². The van der Waals surface area contributed by atoms with Gasteiger partial charge in [-0.15, -0.1) is 0 Å². The molecule has 1 N–H and O–H groups in total. The van der Waals surface area contributed by atoms with Crippen LogP contribution >= 0.6 is 0 Å². The number of hydrogen-bond acceptors (Lipinski definition) is 4. The highest BCUT2D eigenvalue weighted by Crippen LogP contribution is 2.41. The molecule has 1 saturated carbocycles. The van der Waals surface area contributed by atoms with E-state index in [2.05, 4.69) is 10.5 Å². The molecule has 2 saturated heterocycles. The Morgan fingerprint density at radius 1 is 1.23 bits per heavy atom. The summed E-state index contributed by atoms with van der Waals surface area (Å²) in [6, 6.07) is 8.83. The number of aromatic nitrogens is 1. The molecule has 0 spiro atoms. The number of nitrogens with one attached hydrogen (secondary N) is 1. The summed E-state index contributed by atoms with van der Waals surface area (Å²) in [5.41, 5.74) is 1.49. The van der Waals surface area contributed by atoms with Gasteiger partial charge in [0.2, 0.25) is 0 Å². The summed E-state index contributed by atoms with van der Waals surface area (Å²) in [6.07, 6.45) is 4.27. The number of hydrogen-bond donors (Lipinski definition) is 1.